The maximum atomic E-state index is 12.2. The molecule has 1 amide bonds. The van der Waals surface area contributed by atoms with Gasteiger partial charge in [0.05, 0.1) is 10.9 Å². The summed E-state index contributed by atoms with van der Waals surface area (Å²) in [5.74, 6) is -0.158. The molecule has 1 aromatic carbocycles. The topological polar surface area (TPSA) is 59.3 Å². The van der Waals surface area contributed by atoms with Crippen molar-refractivity contribution in [3.05, 3.63) is 52.4 Å². The fourth-order valence-electron chi connectivity index (χ4n) is 2.69. The molecular formula is C17H17NO3. The van der Waals surface area contributed by atoms with Gasteiger partial charge < -0.3 is 9.73 Å². The van der Waals surface area contributed by atoms with Crippen LogP contribution in [-0.4, -0.2) is 11.9 Å². The summed E-state index contributed by atoms with van der Waals surface area (Å²) in [6.45, 7) is 0. The van der Waals surface area contributed by atoms with Crippen molar-refractivity contribution in [1.29, 1.82) is 0 Å². The highest BCUT2D eigenvalue weighted by Crippen LogP contribution is 2.17. The second-order valence-corrected chi connectivity index (χ2v) is 5.34. The lowest BCUT2D eigenvalue weighted by Crippen LogP contribution is -2.31. The van der Waals surface area contributed by atoms with Crippen molar-refractivity contribution in [3.8, 4) is 0 Å². The van der Waals surface area contributed by atoms with E-state index in [1.54, 1.807) is 18.2 Å². The molecule has 2 aromatic rings. The Bertz CT molecular complexity index is 739. The highest BCUT2D eigenvalue weighted by molar-refractivity contribution is 5.92. The van der Waals surface area contributed by atoms with Crippen molar-refractivity contribution in [1.82, 2.24) is 5.32 Å². The number of para-hydroxylation sites is 1. The molecule has 1 aliphatic rings. The van der Waals surface area contributed by atoms with Crippen LogP contribution in [0, 0.1) is 0 Å². The number of carbonyl (C=O) groups is 1. The minimum absolute atomic E-state index is 0.123. The predicted molar refractivity (Wildman–Crippen MR) is 81.9 cm³/mol. The zero-order valence-electron chi connectivity index (χ0n) is 11.7. The van der Waals surface area contributed by atoms with E-state index in [4.69, 9.17) is 4.42 Å². The Hall–Kier alpha value is -2.36. The highest BCUT2D eigenvalue weighted by atomic mass is 16.3. The maximum absolute atomic E-state index is 12.2. The second-order valence-electron chi connectivity index (χ2n) is 5.34. The molecule has 1 fully saturated rings. The number of benzene rings is 1. The molecule has 0 aliphatic heterocycles. The molecule has 1 heterocycles. The second kappa shape index (κ2) is 5.95. The Kier molecular flexibility index (Phi) is 3.86. The van der Waals surface area contributed by atoms with Crippen LogP contribution < -0.4 is 10.7 Å². The van der Waals surface area contributed by atoms with Gasteiger partial charge >= 0.3 is 0 Å². The third-order valence-corrected chi connectivity index (χ3v) is 3.82. The smallest absolute Gasteiger partial charge is 0.244 e. The molecule has 108 valence electrons. The summed E-state index contributed by atoms with van der Waals surface area (Å²) < 4.78 is 5.41. The van der Waals surface area contributed by atoms with Gasteiger partial charge in [-0.25, -0.2) is 0 Å². The van der Waals surface area contributed by atoms with Crippen LogP contribution in [0.3, 0.4) is 0 Å². The molecule has 1 N–H and O–H groups in total. The van der Waals surface area contributed by atoms with Crippen LogP contribution in [0.1, 0.15) is 31.2 Å². The monoisotopic (exact) mass is 283 g/mol. The standard InChI is InChI=1S/C17H17NO3/c19-16(18-13-5-1-2-6-13)10-9-12-11-21-15-8-4-3-7-14(15)17(12)20/h3-4,7-11,13H,1-2,5-6H2,(H,18,19)/b10-9+. The van der Waals surface area contributed by atoms with E-state index in [9.17, 15) is 9.59 Å². The lowest BCUT2D eigenvalue weighted by Gasteiger charge is -2.08. The number of fused-ring (bicyclic) bond motifs is 1. The first kappa shape index (κ1) is 13.6. The quantitative estimate of drug-likeness (QED) is 0.881. The average Bonchev–Trinajstić information content (AvgIpc) is 3.00. The largest absolute Gasteiger partial charge is 0.463 e. The van der Waals surface area contributed by atoms with Crippen molar-refractivity contribution in [2.24, 2.45) is 0 Å². The Labute approximate surface area is 122 Å². The third-order valence-electron chi connectivity index (χ3n) is 3.82. The van der Waals surface area contributed by atoms with Gasteiger partial charge in [0.1, 0.15) is 11.8 Å². The van der Waals surface area contributed by atoms with Crippen molar-refractivity contribution in [2.45, 2.75) is 31.7 Å². The van der Waals surface area contributed by atoms with Crippen molar-refractivity contribution in [3.63, 3.8) is 0 Å². The van der Waals surface area contributed by atoms with Gasteiger partial charge in [-0.1, -0.05) is 25.0 Å². The third kappa shape index (κ3) is 3.05. The van der Waals surface area contributed by atoms with E-state index in [0.29, 0.717) is 16.5 Å². The zero-order valence-corrected chi connectivity index (χ0v) is 11.7. The van der Waals surface area contributed by atoms with Gasteiger partial charge in [-0.15, -0.1) is 0 Å². The van der Waals surface area contributed by atoms with Crippen molar-refractivity contribution >= 4 is 23.0 Å². The molecule has 0 atom stereocenters. The minimum atomic E-state index is -0.158. The van der Waals surface area contributed by atoms with Gasteiger partial charge in [-0.05, 0) is 31.1 Å². The van der Waals surface area contributed by atoms with Crippen molar-refractivity contribution < 1.29 is 9.21 Å². The summed E-state index contributed by atoms with van der Waals surface area (Å²) in [5.41, 5.74) is 0.812. The Morgan fingerprint density at radius 1 is 1.24 bits per heavy atom. The SMILES string of the molecule is O=C(/C=C/c1coc2ccccc2c1=O)NC1CCCC1. The summed E-state index contributed by atoms with van der Waals surface area (Å²) in [6.07, 6.45) is 8.73. The lowest BCUT2D eigenvalue weighted by atomic mass is 10.1. The van der Waals surface area contributed by atoms with E-state index in [-0.39, 0.29) is 17.4 Å². The molecular weight excluding hydrogens is 266 g/mol. The van der Waals surface area contributed by atoms with Crippen LogP contribution in [-0.2, 0) is 4.79 Å². The van der Waals surface area contributed by atoms with E-state index in [1.807, 2.05) is 6.07 Å². The molecule has 4 heteroatoms. The summed E-state index contributed by atoms with van der Waals surface area (Å²) in [6, 6.07) is 7.35. The summed E-state index contributed by atoms with van der Waals surface area (Å²) in [4.78, 5) is 24.1. The number of nitrogens with one attached hydrogen (secondary N) is 1. The molecule has 0 unspecified atom stereocenters. The zero-order chi connectivity index (χ0) is 14.7. The van der Waals surface area contributed by atoms with Crippen LogP contribution in [0.25, 0.3) is 17.0 Å². The van der Waals surface area contributed by atoms with Gasteiger partial charge in [0, 0.05) is 12.1 Å². The number of rotatable bonds is 3. The first-order valence-electron chi connectivity index (χ1n) is 7.23. The molecule has 0 radical (unpaired) electrons. The Morgan fingerprint density at radius 3 is 2.81 bits per heavy atom. The molecule has 1 aliphatic carbocycles. The summed E-state index contributed by atoms with van der Waals surface area (Å²) in [5, 5.41) is 3.47. The van der Waals surface area contributed by atoms with Gasteiger partial charge in [0.25, 0.3) is 0 Å². The Balaban J connectivity index is 1.77. The van der Waals surface area contributed by atoms with Crippen LogP contribution in [0.5, 0.6) is 0 Å². The number of hydrogen-bond donors (Lipinski definition) is 1. The normalized spacial score (nSPS) is 15.8. The van der Waals surface area contributed by atoms with Crippen LogP contribution in [0.2, 0.25) is 0 Å². The maximum Gasteiger partial charge on any atom is 0.244 e. The van der Waals surface area contributed by atoms with Gasteiger partial charge in [0.2, 0.25) is 5.91 Å². The van der Waals surface area contributed by atoms with Crippen LogP contribution in [0.4, 0.5) is 0 Å². The van der Waals surface area contributed by atoms with Crippen molar-refractivity contribution in [2.75, 3.05) is 0 Å². The van der Waals surface area contributed by atoms with Gasteiger partial charge in [-0.2, -0.15) is 0 Å². The van der Waals surface area contributed by atoms with Gasteiger partial charge in [-0.3, -0.25) is 9.59 Å². The average molecular weight is 283 g/mol. The molecule has 0 spiro atoms. The molecule has 21 heavy (non-hydrogen) atoms. The fraction of sp³-hybridized carbons (Fsp3) is 0.294. The molecule has 0 bridgehead atoms. The Morgan fingerprint density at radius 2 is 2.00 bits per heavy atom. The first-order chi connectivity index (χ1) is 10.2. The van der Waals surface area contributed by atoms with Crippen LogP contribution >= 0.6 is 0 Å². The first-order valence-corrected chi connectivity index (χ1v) is 7.23. The molecule has 4 nitrogen and oxygen atoms in total. The number of carbonyl (C=O) groups excluding carboxylic acids is 1. The number of hydrogen-bond acceptors (Lipinski definition) is 3. The lowest BCUT2D eigenvalue weighted by molar-refractivity contribution is -0.117. The molecule has 3 rings (SSSR count). The van der Waals surface area contributed by atoms with E-state index < -0.39 is 0 Å². The number of amides is 1. The fourth-order valence-corrected chi connectivity index (χ4v) is 2.69. The van der Waals surface area contributed by atoms with Crippen LogP contribution in [0.15, 0.2) is 45.8 Å². The van der Waals surface area contributed by atoms with E-state index in [1.165, 1.54) is 31.3 Å². The van der Waals surface area contributed by atoms with E-state index >= 15 is 0 Å². The summed E-state index contributed by atoms with van der Waals surface area (Å²) in [7, 11) is 0. The van der Waals surface area contributed by atoms with E-state index in [0.717, 1.165) is 12.8 Å². The molecule has 1 aromatic heterocycles. The highest BCUT2D eigenvalue weighted by Gasteiger charge is 2.15. The minimum Gasteiger partial charge on any atom is -0.463 e. The predicted octanol–water partition coefficient (Wildman–Crippen LogP) is 2.87. The summed E-state index contributed by atoms with van der Waals surface area (Å²) >= 11 is 0. The molecule has 1 saturated carbocycles. The molecule has 0 saturated heterocycles. The van der Waals surface area contributed by atoms with E-state index in [2.05, 4.69) is 5.32 Å². The van der Waals surface area contributed by atoms with Gasteiger partial charge in [0.15, 0.2) is 5.43 Å².